The average molecular weight is 150 g/mol. The third-order valence-corrected chi connectivity index (χ3v) is 1.66. The Morgan fingerprint density at radius 3 is 2.91 bits per heavy atom. The summed E-state index contributed by atoms with van der Waals surface area (Å²) in [5.74, 6) is 0.419. The Labute approximate surface area is 62.2 Å². The zero-order chi connectivity index (χ0) is 7.84. The van der Waals surface area contributed by atoms with Gasteiger partial charge in [0.05, 0.1) is 6.42 Å². The number of hydrogen-bond acceptors (Lipinski definition) is 2. The van der Waals surface area contributed by atoms with Crippen LogP contribution in [-0.2, 0) is 11.2 Å². The van der Waals surface area contributed by atoms with E-state index in [0.29, 0.717) is 11.4 Å². The fraction of sp³-hybridized carbons (Fsp3) is 0.143. The Bertz CT molecular complexity index is 367. The van der Waals surface area contributed by atoms with E-state index >= 15 is 0 Å². The molecule has 1 aromatic rings. The fourth-order valence-corrected chi connectivity index (χ4v) is 1.14. The summed E-state index contributed by atoms with van der Waals surface area (Å²) >= 11 is 0. The van der Waals surface area contributed by atoms with Crippen LogP contribution in [0.4, 0.5) is 5.82 Å². The zero-order valence-electron chi connectivity index (χ0n) is 5.68. The summed E-state index contributed by atoms with van der Waals surface area (Å²) in [6.45, 7) is 0. The highest BCUT2D eigenvalue weighted by atomic mass is 16.2. The molecule has 0 atom stereocenters. The molecule has 1 aliphatic rings. The van der Waals surface area contributed by atoms with Crippen molar-refractivity contribution in [1.82, 2.24) is 4.98 Å². The van der Waals surface area contributed by atoms with Crippen LogP contribution >= 0.6 is 0 Å². The first kappa shape index (κ1) is 6.15. The Kier molecular flexibility index (Phi) is 1.09. The highest BCUT2D eigenvalue weighted by Gasteiger charge is 2.19. The van der Waals surface area contributed by atoms with Crippen LogP contribution < -0.4 is 10.7 Å². The molecule has 4 nitrogen and oxygen atoms in total. The molecular formula is C7H6N2O2. The van der Waals surface area contributed by atoms with Gasteiger partial charge < -0.3 is 10.3 Å². The van der Waals surface area contributed by atoms with Crippen molar-refractivity contribution in [3.63, 3.8) is 0 Å². The van der Waals surface area contributed by atoms with E-state index in [4.69, 9.17) is 0 Å². The summed E-state index contributed by atoms with van der Waals surface area (Å²) in [4.78, 5) is 24.6. The predicted molar refractivity (Wildman–Crippen MR) is 39.4 cm³/mol. The first-order valence-electron chi connectivity index (χ1n) is 3.28. The number of pyridine rings is 1. The minimum absolute atomic E-state index is 0.0860. The standard InChI is InChI=1S/C7H6N2O2/c10-5-1-2-8-7-4(5)3-6(11)9-7/h1-2H,3H2,(H2,8,9,10,11). The van der Waals surface area contributed by atoms with E-state index in [-0.39, 0.29) is 17.8 Å². The van der Waals surface area contributed by atoms with Gasteiger partial charge in [0.1, 0.15) is 5.82 Å². The number of H-pyrrole nitrogens is 1. The highest BCUT2D eigenvalue weighted by Crippen LogP contribution is 2.14. The van der Waals surface area contributed by atoms with Gasteiger partial charge in [-0.05, 0) is 0 Å². The van der Waals surface area contributed by atoms with Crippen molar-refractivity contribution in [2.24, 2.45) is 0 Å². The number of nitrogens with one attached hydrogen (secondary N) is 2. The number of carbonyl (C=O) groups excluding carboxylic acids is 1. The first-order valence-corrected chi connectivity index (χ1v) is 3.28. The van der Waals surface area contributed by atoms with Crippen molar-refractivity contribution in [2.45, 2.75) is 6.42 Å². The molecule has 1 aromatic heterocycles. The Morgan fingerprint density at radius 2 is 2.18 bits per heavy atom. The summed E-state index contributed by atoms with van der Waals surface area (Å²) in [5, 5.41) is 2.54. The Hall–Kier alpha value is -1.58. The van der Waals surface area contributed by atoms with E-state index in [2.05, 4.69) is 10.3 Å². The summed E-state index contributed by atoms with van der Waals surface area (Å²) in [5.41, 5.74) is 0.453. The monoisotopic (exact) mass is 150 g/mol. The molecule has 0 unspecified atom stereocenters. The van der Waals surface area contributed by atoms with Crippen molar-refractivity contribution in [2.75, 3.05) is 5.32 Å². The molecule has 0 fully saturated rings. The Balaban J connectivity index is 2.66. The van der Waals surface area contributed by atoms with Gasteiger partial charge in [-0.1, -0.05) is 0 Å². The molecule has 0 aliphatic carbocycles. The van der Waals surface area contributed by atoms with Gasteiger partial charge in [-0.15, -0.1) is 0 Å². The fourth-order valence-electron chi connectivity index (χ4n) is 1.14. The number of aromatic nitrogens is 1. The summed E-state index contributed by atoms with van der Waals surface area (Å²) in [7, 11) is 0. The highest BCUT2D eigenvalue weighted by molar-refractivity contribution is 5.97. The predicted octanol–water partition coefficient (Wildman–Crippen LogP) is -0.131. The maximum atomic E-state index is 11.0. The van der Waals surface area contributed by atoms with E-state index in [0.717, 1.165) is 0 Å². The van der Waals surface area contributed by atoms with Crippen LogP contribution in [0.1, 0.15) is 5.56 Å². The number of carbonyl (C=O) groups is 1. The van der Waals surface area contributed by atoms with Gasteiger partial charge >= 0.3 is 0 Å². The molecule has 0 radical (unpaired) electrons. The molecule has 0 saturated heterocycles. The van der Waals surface area contributed by atoms with Crippen LogP contribution in [0, 0.1) is 0 Å². The lowest BCUT2D eigenvalue weighted by atomic mass is 10.2. The van der Waals surface area contributed by atoms with Crippen molar-refractivity contribution < 1.29 is 4.79 Å². The van der Waals surface area contributed by atoms with Gasteiger partial charge in [0, 0.05) is 17.8 Å². The SMILES string of the molecule is O=C1Cc2c([nH]ccc2=O)N1. The van der Waals surface area contributed by atoms with Crippen molar-refractivity contribution in [3.05, 3.63) is 28.0 Å². The zero-order valence-corrected chi connectivity index (χ0v) is 5.68. The molecule has 0 saturated carbocycles. The van der Waals surface area contributed by atoms with Crippen LogP contribution in [0.15, 0.2) is 17.1 Å². The maximum absolute atomic E-state index is 11.0. The molecule has 0 bridgehead atoms. The normalized spacial score (nSPS) is 14.4. The van der Waals surface area contributed by atoms with Gasteiger partial charge in [0.25, 0.3) is 0 Å². The van der Waals surface area contributed by atoms with Crippen LogP contribution in [0.2, 0.25) is 0 Å². The van der Waals surface area contributed by atoms with Crippen molar-refractivity contribution in [3.8, 4) is 0 Å². The summed E-state index contributed by atoms with van der Waals surface area (Å²) < 4.78 is 0. The van der Waals surface area contributed by atoms with Crippen LogP contribution in [0.3, 0.4) is 0 Å². The van der Waals surface area contributed by atoms with Crippen LogP contribution in [0.5, 0.6) is 0 Å². The third kappa shape index (κ3) is 0.832. The topological polar surface area (TPSA) is 62.0 Å². The molecule has 1 aliphatic heterocycles. The molecule has 1 amide bonds. The summed E-state index contributed by atoms with van der Waals surface area (Å²) in [6, 6.07) is 1.42. The van der Waals surface area contributed by atoms with E-state index in [1.807, 2.05) is 0 Å². The molecule has 2 rings (SSSR count). The van der Waals surface area contributed by atoms with Gasteiger partial charge in [0.15, 0.2) is 5.43 Å². The number of fused-ring (bicyclic) bond motifs is 1. The first-order chi connectivity index (χ1) is 5.27. The molecule has 2 N–H and O–H groups in total. The van der Waals surface area contributed by atoms with Gasteiger partial charge in [0.2, 0.25) is 5.91 Å². The minimum Gasteiger partial charge on any atom is -0.348 e. The van der Waals surface area contributed by atoms with Crippen LogP contribution in [-0.4, -0.2) is 10.9 Å². The lowest BCUT2D eigenvalue weighted by molar-refractivity contribution is -0.115. The Morgan fingerprint density at radius 1 is 1.36 bits per heavy atom. The van der Waals surface area contributed by atoms with Gasteiger partial charge in [-0.2, -0.15) is 0 Å². The number of amides is 1. The molecule has 56 valence electrons. The van der Waals surface area contributed by atoms with Gasteiger partial charge in [-0.25, -0.2) is 0 Å². The molecule has 2 heterocycles. The molecule has 0 aromatic carbocycles. The van der Waals surface area contributed by atoms with E-state index in [1.165, 1.54) is 12.3 Å². The summed E-state index contributed by atoms with van der Waals surface area (Å²) in [6.07, 6.45) is 1.72. The lowest BCUT2D eigenvalue weighted by Gasteiger charge is -1.93. The van der Waals surface area contributed by atoms with E-state index in [1.54, 1.807) is 0 Å². The number of rotatable bonds is 0. The van der Waals surface area contributed by atoms with Crippen molar-refractivity contribution in [1.29, 1.82) is 0 Å². The lowest BCUT2D eigenvalue weighted by Crippen LogP contribution is -2.06. The average Bonchev–Trinajstić information content (AvgIpc) is 2.31. The van der Waals surface area contributed by atoms with Gasteiger partial charge in [-0.3, -0.25) is 9.59 Å². The second-order valence-electron chi connectivity index (χ2n) is 2.42. The smallest absolute Gasteiger partial charge is 0.230 e. The van der Waals surface area contributed by atoms with E-state index < -0.39 is 0 Å². The largest absolute Gasteiger partial charge is 0.348 e. The molecule has 11 heavy (non-hydrogen) atoms. The van der Waals surface area contributed by atoms with E-state index in [9.17, 15) is 9.59 Å². The maximum Gasteiger partial charge on any atom is 0.230 e. The quantitative estimate of drug-likeness (QED) is 0.541. The van der Waals surface area contributed by atoms with Crippen LogP contribution in [0.25, 0.3) is 0 Å². The molecular weight excluding hydrogens is 144 g/mol. The number of aromatic amines is 1. The second kappa shape index (κ2) is 1.95. The molecule has 4 heteroatoms. The number of anilines is 1. The minimum atomic E-state index is -0.125. The molecule has 0 spiro atoms. The van der Waals surface area contributed by atoms with Crippen molar-refractivity contribution >= 4 is 11.7 Å². The number of hydrogen-bond donors (Lipinski definition) is 2. The third-order valence-electron chi connectivity index (χ3n) is 1.66. The second-order valence-corrected chi connectivity index (χ2v) is 2.42.